The maximum Gasteiger partial charge on any atom is 0.326 e. The second-order valence-corrected chi connectivity index (χ2v) is 3.79. The van der Waals surface area contributed by atoms with Crippen molar-refractivity contribution in [2.24, 2.45) is 7.05 Å². The second-order valence-electron chi connectivity index (χ2n) is 3.79. The lowest BCUT2D eigenvalue weighted by molar-refractivity contribution is -0.139. The topological polar surface area (TPSA) is 84.2 Å². The van der Waals surface area contributed by atoms with Crippen molar-refractivity contribution in [1.29, 1.82) is 0 Å². The fourth-order valence-corrected chi connectivity index (χ4v) is 1.56. The van der Waals surface area contributed by atoms with Gasteiger partial charge in [0.15, 0.2) is 0 Å². The molecule has 0 fully saturated rings. The zero-order valence-electron chi connectivity index (χ0n) is 10.2. The number of aryl methyl sites for hydroxylation is 2. The normalized spacial score (nSPS) is 12.2. The van der Waals surface area contributed by atoms with Crippen LogP contribution in [0.1, 0.15) is 36.3 Å². The van der Waals surface area contributed by atoms with Crippen LogP contribution < -0.4 is 5.32 Å². The van der Waals surface area contributed by atoms with Crippen LogP contribution in [0.5, 0.6) is 0 Å². The summed E-state index contributed by atoms with van der Waals surface area (Å²) in [5, 5.41) is 15.5. The van der Waals surface area contributed by atoms with Crippen LogP contribution in [0, 0.1) is 0 Å². The molecule has 2 N–H and O–H groups in total. The maximum atomic E-state index is 11.9. The quantitative estimate of drug-likeness (QED) is 0.787. The predicted molar refractivity (Wildman–Crippen MR) is 61.8 cm³/mol. The highest BCUT2D eigenvalue weighted by Gasteiger charge is 2.21. The summed E-state index contributed by atoms with van der Waals surface area (Å²) in [5.74, 6) is -1.41. The molecule has 0 radical (unpaired) electrons. The lowest BCUT2D eigenvalue weighted by Crippen LogP contribution is -2.40. The lowest BCUT2D eigenvalue weighted by Gasteiger charge is -2.11. The summed E-state index contributed by atoms with van der Waals surface area (Å²) in [6.07, 6.45) is 2.58. The molecule has 0 spiro atoms. The van der Waals surface area contributed by atoms with Crippen LogP contribution in [0.2, 0.25) is 0 Å². The highest BCUT2D eigenvalue weighted by atomic mass is 16.4. The summed E-state index contributed by atoms with van der Waals surface area (Å²) in [4.78, 5) is 22.7. The molecule has 0 unspecified atom stereocenters. The Hall–Kier alpha value is -1.85. The van der Waals surface area contributed by atoms with Gasteiger partial charge in [-0.25, -0.2) is 4.79 Å². The van der Waals surface area contributed by atoms with Crippen LogP contribution in [0.3, 0.4) is 0 Å². The molecule has 0 aromatic carbocycles. The summed E-state index contributed by atoms with van der Waals surface area (Å²) in [6, 6.07) is -0.854. The largest absolute Gasteiger partial charge is 0.480 e. The number of hydrogen-bond donors (Lipinski definition) is 2. The molecular weight excluding hydrogens is 222 g/mol. The Morgan fingerprint density at radius 3 is 2.65 bits per heavy atom. The van der Waals surface area contributed by atoms with Crippen LogP contribution in [0.15, 0.2) is 6.20 Å². The first-order valence-corrected chi connectivity index (χ1v) is 5.55. The van der Waals surface area contributed by atoms with Crippen LogP contribution >= 0.6 is 0 Å². The van der Waals surface area contributed by atoms with E-state index in [2.05, 4.69) is 10.4 Å². The van der Waals surface area contributed by atoms with Gasteiger partial charge in [-0.15, -0.1) is 0 Å². The summed E-state index contributed by atoms with van der Waals surface area (Å²) in [7, 11) is 1.73. The van der Waals surface area contributed by atoms with E-state index in [1.807, 2.05) is 6.92 Å². The maximum absolute atomic E-state index is 11.9. The van der Waals surface area contributed by atoms with Gasteiger partial charge in [0.2, 0.25) is 0 Å². The Balaban J connectivity index is 2.85. The molecule has 1 amide bonds. The number of hydrogen-bond acceptors (Lipinski definition) is 3. The van der Waals surface area contributed by atoms with Crippen molar-refractivity contribution >= 4 is 11.9 Å². The summed E-state index contributed by atoms with van der Waals surface area (Å²) in [6.45, 7) is 3.61. The number of nitrogens with one attached hydrogen (secondary N) is 1. The van der Waals surface area contributed by atoms with Gasteiger partial charge in [-0.2, -0.15) is 5.10 Å². The molecule has 1 aromatic heterocycles. The van der Waals surface area contributed by atoms with Gasteiger partial charge in [-0.3, -0.25) is 9.48 Å². The molecule has 6 nitrogen and oxygen atoms in total. The molecule has 0 aliphatic heterocycles. The van der Waals surface area contributed by atoms with Gasteiger partial charge in [0, 0.05) is 13.2 Å². The zero-order valence-corrected chi connectivity index (χ0v) is 10.2. The van der Waals surface area contributed by atoms with Crippen molar-refractivity contribution in [1.82, 2.24) is 15.1 Å². The van der Waals surface area contributed by atoms with Gasteiger partial charge in [0.05, 0.1) is 11.3 Å². The van der Waals surface area contributed by atoms with Crippen molar-refractivity contribution in [3.63, 3.8) is 0 Å². The predicted octanol–water partition coefficient (Wildman–Crippen LogP) is 0.575. The molecule has 1 atom stereocenters. The molecule has 1 aromatic rings. The molecule has 0 saturated carbocycles. The van der Waals surface area contributed by atoms with Gasteiger partial charge >= 0.3 is 5.97 Å². The average molecular weight is 239 g/mol. The summed E-state index contributed by atoms with van der Waals surface area (Å²) in [5.41, 5.74) is 1.11. The number of carbonyl (C=O) groups excluding carboxylic acids is 1. The average Bonchev–Trinajstić information content (AvgIpc) is 2.66. The number of carboxylic acids is 1. The molecule has 1 heterocycles. The van der Waals surface area contributed by atoms with Gasteiger partial charge < -0.3 is 10.4 Å². The molecular formula is C11H17N3O3. The Labute approximate surface area is 99.6 Å². The van der Waals surface area contributed by atoms with Crippen molar-refractivity contribution in [2.45, 2.75) is 32.7 Å². The standard InChI is InChI=1S/C11H17N3O3/c1-4-8-7(6-14(3)13-8)10(15)12-9(5-2)11(16)17/h6,9H,4-5H2,1-3H3,(H,12,15)(H,16,17)/t9-/m1/s1. The van der Waals surface area contributed by atoms with Crippen LogP contribution in [0.4, 0.5) is 0 Å². The Morgan fingerprint density at radius 1 is 1.53 bits per heavy atom. The van der Waals surface area contributed by atoms with Crippen LogP contribution in [0.25, 0.3) is 0 Å². The highest BCUT2D eigenvalue weighted by molar-refractivity contribution is 5.97. The van der Waals surface area contributed by atoms with E-state index >= 15 is 0 Å². The van der Waals surface area contributed by atoms with Crippen molar-refractivity contribution in [3.8, 4) is 0 Å². The SMILES string of the molecule is CCc1nn(C)cc1C(=O)N[C@H](CC)C(=O)O. The van der Waals surface area contributed by atoms with E-state index in [4.69, 9.17) is 5.11 Å². The number of amides is 1. The minimum atomic E-state index is -1.03. The summed E-state index contributed by atoms with van der Waals surface area (Å²) >= 11 is 0. The zero-order chi connectivity index (χ0) is 13.0. The number of rotatable bonds is 5. The molecule has 6 heteroatoms. The third-order valence-electron chi connectivity index (χ3n) is 2.50. The third kappa shape index (κ3) is 3.05. The number of carboxylic acid groups (broad SMARTS) is 1. The first-order chi connectivity index (χ1) is 7.99. The third-order valence-corrected chi connectivity index (χ3v) is 2.50. The van der Waals surface area contributed by atoms with Gasteiger partial charge in [-0.1, -0.05) is 13.8 Å². The van der Waals surface area contributed by atoms with Gasteiger partial charge in [0.1, 0.15) is 6.04 Å². The molecule has 0 bridgehead atoms. The molecule has 0 saturated heterocycles. The van der Waals surface area contributed by atoms with E-state index in [9.17, 15) is 9.59 Å². The van der Waals surface area contributed by atoms with Crippen LogP contribution in [-0.4, -0.2) is 32.8 Å². The molecule has 1 rings (SSSR count). The minimum absolute atomic E-state index is 0.350. The van der Waals surface area contributed by atoms with Crippen LogP contribution in [-0.2, 0) is 18.3 Å². The molecule has 94 valence electrons. The molecule has 17 heavy (non-hydrogen) atoms. The Kier molecular flexibility index (Phi) is 4.25. The number of aromatic nitrogens is 2. The first kappa shape index (κ1) is 13.2. The lowest BCUT2D eigenvalue weighted by atomic mass is 10.1. The van der Waals surface area contributed by atoms with Crippen molar-refractivity contribution < 1.29 is 14.7 Å². The van der Waals surface area contributed by atoms with E-state index in [0.29, 0.717) is 24.1 Å². The highest BCUT2D eigenvalue weighted by Crippen LogP contribution is 2.07. The monoisotopic (exact) mass is 239 g/mol. The van der Waals surface area contributed by atoms with E-state index in [-0.39, 0.29) is 5.91 Å². The molecule has 0 aliphatic carbocycles. The number of nitrogens with zero attached hydrogens (tertiary/aromatic N) is 2. The Morgan fingerprint density at radius 2 is 2.18 bits per heavy atom. The van der Waals surface area contributed by atoms with Gasteiger partial charge in [-0.05, 0) is 12.8 Å². The Bertz CT molecular complexity index is 426. The minimum Gasteiger partial charge on any atom is -0.480 e. The summed E-state index contributed by atoms with van der Waals surface area (Å²) < 4.78 is 1.55. The van der Waals surface area contributed by atoms with E-state index in [1.54, 1.807) is 24.9 Å². The smallest absolute Gasteiger partial charge is 0.326 e. The first-order valence-electron chi connectivity index (χ1n) is 5.55. The van der Waals surface area contributed by atoms with E-state index < -0.39 is 12.0 Å². The fourth-order valence-electron chi connectivity index (χ4n) is 1.56. The number of aliphatic carboxylic acids is 1. The second kappa shape index (κ2) is 5.47. The van der Waals surface area contributed by atoms with E-state index in [1.165, 1.54) is 0 Å². The van der Waals surface area contributed by atoms with Gasteiger partial charge in [0.25, 0.3) is 5.91 Å². The fraction of sp³-hybridized carbons (Fsp3) is 0.545. The molecule has 0 aliphatic rings. The van der Waals surface area contributed by atoms with E-state index in [0.717, 1.165) is 0 Å². The van der Waals surface area contributed by atoms with Crippen molar-refractivity contribution in [3.05, 3.63) is 17.5 Å². The van der Waals surface area contributed by atoms with Crippen molar-refractivity contribution in [2.75, 3.05) is 0 Å². The number of carbonyl (C=O) groups is 2.